The summed E-state index contributed by atoms with van der Waals surface area (Å²) in [4.78, 5) is 55.0. The molecule has 0 fully saturated rings. The number of nitrogens with zero attached hydrogens (tertiary/aromatic N) is 4. The van der Waals surface area contributed by atoms with Crippen molar-refractivity contribution in [1.29, 1.82) is 0 Å². The van der Waals surface area contributed by atoms with Crippen LogP contribution < -0.4 is 5.73 Å². The summed E-state index contributed by atoms with van der Waals surface area (Å²) in [6.07, 6.45) is -12.9. The molecule has 0 atom stereocenters. The van der Waals surface area contributed by atoms with E-state index < -0.39 is 51.3 Å². The highest BCUT2D eigenvalue weighted by molar-refractivity contribution is 6.67. The molecule has 418 valence electrons. The Balaban J connectivity index is 0.000000199. The molecule has 0 aliphatic carbocycles. The monoisotopic (exact) mass is 1200 g/mol. The first-order valence-electron chi connectivity index (χ1n) is 22.6. The molecule has 8 aromatic carbocycles. The number of aromatic amines is 1. The number of halogens is 13. The van der Waals surface area contributed by atoms with Gasteiger partial charge in [-0.2, -0.15) is 39.5 Å². The Hall–Kier alpha value is -8.56. The minimum absolute atomic E-state index is 0. The van der Waals surface area contributed by atoms with Crippen molar-refractivity contribution in [3.8, 4) is 22.8 Å². The molecule has 10 aromatic rings. The third-order valence-electron chi connectivity index (χ3n) is 10.7. The number of fused-ring (bicyclic) bond motifs is 2. The molecule has 0 spiro atoms. The Labute approximate surface area is 474 Å². The number of carbonyl (C=O) groups excluding carboxylic acids is 3. The first kappa shape index (κ1) is 63.3. The van der Waals surface area contributed by atoms with Crippen molar-refractivity contribution >= 4 is 97.3 Å². The van der Waals surface area contributed by atoms with Crippen molar-refractivity contribution in [1.82, 2.24) is 19.5 Å². The minimum atomic E-state index is -4.50. The lowest BCUT2D eigenvalue weighted by Crippen LogP contribution is -2.13. The van der Waals surface area contributed by atoms with Gasteiger partial charge in [0.1, 0.15) is 23.6 Å². The number of nitrogen functional groups attached to an aromatic ring is 1. The summed E-state index contributed by atoms with van der Waals surface area (Å²) >= 11 is 22.6. The van der Waals surface area contributed by atoms with Crippen molar-refractivity contribution in [2.24, 2.45) is 0 Å². The Kier molecular flexibility index (Phi) is 21.5. The smallest absolute Gasteiger partial charge is 0.393 e. The molecule has 24 heteroatoms. The van der Waals surface area contributed by atoms with E-state index in [1.165, 1.54) is 53.1 Å². The number of aldehydes is 1. The zero-order valence-corrected chi connectivity index (χ0v) is 43.3. The van der Waals surface area contributed by atoms with Crippen LogP contribution in [0.5, 0.6) is 0 Å². The number of alkyl halides is 9. The second kappa shape index (κ2) is 27.5. The van der Waals surface area contributed by atoms with Crippen molar-refractivity contribution in [3.63, 3.8) is 0 Å². The van der Waals surface area contributed by atoms with Crippen molar-refractivity contribution in [3.05, 3.63) is 247 Å². The molecular weight excluding hydrogens is 1160 g/mol. The zero-order valence-electron chi connectivity index (χ0n) is 40.3. The Morgan fingerprint density at radius 3 is 1.57 bits per heavy atom. The molecule has 0 bridgehead atoms. The van der Waals surface area contributed by atoms with E-state index in [2.05, 4.69) is 15.0 Å². The van der Waals surface area contributed by atoms with Gasteiger partial charge in [-0.1, -0.05) is 127 Å². The molecule has 0 saturated heterocycles. The van der Waals surface area contributed by atoms with Crippen LogP contribution in [0, 0.1) is 10.1 Å². The molecule has 0 unspecified atom stereocenters. The number of hydrogen-bond acceptors (Lipinski definition) is 8. The fourth-order valence-corrected chi connectivity index (χ4v) is 7.62. The number of rotatable bonds is 6. The Morgan fingerprint density at radius 2 is 1.05 bits per heavy atom. The van der Waals surface area contributed by atoms with Crippen molar-refractivity contribution in [2.45, 2.75) is 26.0 Å². The van der Waals surface area contributed by atoms with Gasteiger partial charge in [-0.25, -0.2) is 9.97 Å². The summed E-state index contributed by atoms with van der Waals surface area (Å²) in [6.45, 7) is 0. The van der Waals surface area contributed by atoms with Gasteiger partial charge in [0.25, 0.3) is 16.8 Å². The molecule has 2 heterocycles. The van der Waals surface area contributed by atoms with Gasteiger partial charge in [0.05, 0.1) is 43.7 Å². The number of nitrogens with one attached hydrogen (secondary N) is 1. The van der Waals surface area contributed by atoms with Gasteiger partial charge in [-0.05, 0) is 109 Å². The van der Waals surface area contributed by atoms with E-state index in [1.54, 1.807) is 97.1 Å². The summed E-state index contributed by atoms with van der Waals surface area (Å²) in [5.41, 5.74) is 6.70. The topological polar surface area (TPSA) is 167 Å². The Bertz CT molecular complexity index is 3820. The molecule has 10 rings (SSSR count). The van der Waals surface area contributed by atoms with E-state index in [9.17, 15) is 64.0 Å². The molecule has 2 aromatic heterocycles. The first-order chi connectivity index (χ1) is 37.7. The second-order valence-electron chi connectivity index (χ2n) is 16.3. The highest BCUT2D eigenvalue weighted by atomic mass is 35.5. The minimum Gasteiger partial charge on any atom is -0.393 e. The van der Waals surface area contributed by atoms with Gasteiger partial charge < -0.3 is 10.7 Å². The largest absolute Gasteiger partial charge is 0.416 e. The number of hydrogen-bond donors (Lipinski definition) is 2. The van der Waals surface area contributed by atoms with Gasteiger partial charge >= 0.3 is 18.5 Å². The van der Waals surface area contributed by atoms with Gasteiger partial charge in [0, 0.05) is 49.0 Å². The molecule has 81 heavy (non-hydrogen) atoms. The van der Waals surface area contributed by atoms with Crippen LogP contribution in [-0.4, -0.2) is 41.9 Å². The van der Waals surface area contributed by atoms with Gasteiger partial charge in [0.2, 0.25) is 0 Å². The normalized spacial score (nSPS) is 11.0. The van der Waals surface area contributed by atoms with Crippen LogP contribution in [0.2, 0.25) is 15.1 Å². The van der Waals surface area contributed by atoms with Crippen LogP contribution in [0.4, 0.5) is 50.9 Å². The summed E-state index contributed by atoms with van der Waals surface area (Å²) in [5, 5.41) is 11.1. The predicted octanol–water partition coefficient (Wildman–Crippen LogP) is 18.0. The van der Waals surface area contributed by atoms with Crippen LogP contribution in [0.15, 0.2) is 188 Å². The molecule has 0 aliphatic rings. The van der Waals surface area contributed by atoms with E-state index in [-0.39, 0.29) is 35.8 Å². The van der Waals surface area contributed by atoms with E-state index in [0.29, 0.717) is 65.9 Å². The third-order valence-corrected chi connectivity index (χ3v) is 11.7. The molecule has 3 N–H and O–H groups in total. The maximum absolute atomic E-state index is 13.2. The summed E-state index contributed by atoms with van der Waals surface area (Å²) in [5.74, 6) is 0.100. The third kappa shape index (κ3) is 17.5. The number of H-pyrrole nitrogens is 1. The number of aromatic nitrogens is 4. The highest BCUT2D eigenvalue weighted by Crippen LogP contribution is 2.35. The summed E-state index contributed by atoms with van der Waals surface area (Å²) in [7, 11) is 0. The molecule has 0 radical (unpaired) electrons. The number of nitro groups is 1. The maximum atomic E-state index is 13.2. The highest BCUT2D eigenvalue weighted by Gasteiger charge is 2.33. The summed E-state index contributed by atoms with van der Waals surface area (Å²) < 4.78 is 115. The summed E-state index contributed by atoms with van der Waals surface area (Å²) in [6, 6.07) is 45.3. The number of carbonyl (C=O) groups is 3. The van der Waals surface area contributed by atoms with E-state index in [4.69, 9.17) is 52.1 Å². The molecule has 0 amide bonds. The fraction of sp³-hybridized carbons (Fsp3) is 0.0702. The average Bonchev–Trinajstić information content (AvgIpc) is 4.05. The van der Waals surface area contributed by atoms with Gasteiger partial charge in [-0.3, -0.25) is 29.1 Å². The quantitative estimate of drug-likeness (QED) is 0.0414. The number of imidazole rings is 2. The SMILES string of the molecule is C.FC(F)(F)c1cccc(-c2nc3ccc(Cl)cc3[nH]2)c1.Nc1ccc(Cl)cc1[N+](=O)[O-].O=C(Cl)c1ccccc1.O=C(c1ccccc1)n1c(-c2cccc(C(F)(F)F)c2)nc2ccc(Cl)cc21.O=Cc1cccc(C(F)(F)F)c1. The molecule has 11 nitrogen and oxygen atoms in total. The lowest BCUT2D eigenvalue weighted by molar-refractivity contribution is -0.383. The number of nitro benzene ring substituents is 1. The molecule has 0 saturated carbocycles. The van der Waals surface area contributed by atoms with Crippen LogP contribution >= 0.6 is 46.4 Å². The number of benzene rings is 8. The van der Waals surface area contributed by atoms with Gasteiger partial charge in [0.15, 0.2) is 0 Å². The van der Waals surface area contributed by atoms with Crippen LogP contribution in [-0.2, 0) is 18.5 Å². The average molecular weight is 1200 g/mol. The van der Waals surface area contributed by atoms with Crippen LogP contribution in [0.25, 0.3) is 44.8 Å². The van der Waals surface area contributed by atoms with E-state index in [0.717, 1.165) is 36.4 Å². The number of anilines is 1. The van der Waals surface area contributed by atoms with Crippen molar-refractivity contribution < 1.29 is 58.8 Å². The van der Waals surface area contributed by atoms with Gasteiger partial charge in [-0.15, -0.1) is 0 Å². The zero-order chi connectivity index (χ0) is 58.5. The maximum Gasteiger partial charge on any atom is 0.416 e. The van der Waals surface area contributed by atoms with E-state index in [1.807, 2.05) is 6.07 Å². The van der Waals surface area contributed by atoms with Crippen molar-refractivity contribution in [2.75, 3.05) is 5.73 Å². The molecule has 0 aliphatic heterocycles. The standard InChI is InChI=1S/C21H12ClF3N2O.C14H8ClF3N2.C8H5F3O.C7H5ClO.C6H5ClN2O2.CH4/c22-16-9-10-17-18(12-16)27(20(28)13-5-2-1-3-6-13)19(26-17)14-7-4-8-15(11-14)21(23,24)25;15-10-4-5-11-12(7-10)20-13(19-11)8-2-1-3-9(6-8)14(16,17)18;9-8(10,11)7-3-1-2-6(4-7)5-12;8-7(9)6-4-2-1-3-5-6;7-4-1-2-5(8)6(3-4)9(10)11;/h1-12H;1-7H,(H,19,20);1-5H;1-5H;1-3H,8H2;1H4. The lowest BCUT2D eigenvalue weighted by atomic mass is 10.1. The molecular formula is C57H39Cl4F9N6O5. The second-order valence-corrected chi connectivity index (χ2v) is 18.0. The Morgan fingerprint density at radius 1 is 0.568 bits per heavy atom. The fourth-order valence-electron chi connectivity index (χ4n) is 6.99. The van der Waals surface area contributed by atoms with Crippen LogP contribution in [0.1, 0.15) is 55.2 Å². The van der Waals surface area contributed by atoms with E-state index >= 15 is 0 Å². The lowest BCUT2D eigenvalue weighted by Gasteiger charge is -2.11. The predicted molar refractivity (Wildman–Crippen MR) is 296 cm³/mol. The number of nitrogens with two attached hydrogens (primary N) is 1. The first-order valence-corrected chi connectivity index (χ1v) is 24.1. The van der Waals surface area contributed by atoms with Crippen LogP contribution in [0.3, 0.4) is 0 Å².